The van der Waals surface area contributed by atoms with Crippen LogP contribution in [0.2, 0.25) is 0 Å². The van der Waals surface area contributed by atoms with Crippen molar-refractivity contribution in [3.8, 4) is 0 Å². The Morgan fingerprint density at radius 2 is 1.67 bits per heavy atom. The molecular formula is C14H19N3O4. The maximum Gasteiger partial charge on any atom is 0.326 e. The van der Waals surface area contributed by atoms with E-state index in [2.05, 4.69) is 16.0 Å². The molecule has 7 heteroatoms. The highest BCUT2D eigenvalue weighted by Crippen LogP contribution is 2.15. The van der Waals surface area contributed by atoms with E-state index in [1.54, 1.807) is 38.1 Å². The molecule has 1 rings (SSSR count). The molecule has 1 aromatic rings. The molecule has 0 aliphatic carbocycles. The number of nitrogens with one attached hydrogen (secondary N) is 3. The van der Waals surface area contributed by atoms with E-state index < -0.39 is 18.0 Å². The van der Waals surface area contributed by atoms with Gasteiger partial charge in [0.1, 0.15) is 6.04 Å². The van der Waals surface area contributed by atoms with Gasteiger partial charge in [0.15, 0.2) is 0 Å². The third kappa shape index (κ3) is 5.52. The molecule has 0 spiro atoms. The fourth-order valence-electron chi connectivity index (χ4n) is 1.70. The monoisotopic (exact) mass is 293 g/mol. The van der Waals surface area contributed by atoms with Crippen LogP contribution in [0.25, 0.3) is 0 Å². The SMILES string of the molecule is CC(=O)Nc1cccc(NC(=O)N[C@@H](C(=O)O)C(C)C)c1. The molecule has 4 N–H and O–H groups in total. The van der Waals surface area contributed by atoms with Crippen LogP contribution >= 0.6 is 0 Å². The van der Waals surface area contributed by atoms with Crippen LogP contribution in [-0.4, -0.2) is 29.1 Å². The van der Waals surface area contributed by atoms with Crippen LogP contribution in [0.5, 0.6) is 0 Å². The zero-order chi connectivity index (χ0) is 16.0. The first-order chi connectivity index (χ1) is 9.79. The van der Waals surface area contributed by atoms with Gasteiger partial charge in [0.25, 0.3) is 0 Å². The van der Waals surface area contributed by atoms with Crippen LogP contribution in [0, 0.1) is 5.92 Å². The fourth-order valence-corrected chi connectivity index (χ4v) is 1.70. The van der Waals surface area contributed by atoms with Crippen molar-refractivity contribution in [1.82, 2.24) is 5.32 Å². The average molecular weight is 293 g/mol. The summed E-state index contributed by atoms with van der Waals surface area (Å²) in [5.41, 5.74) is 0.991. The van der Waals surface area contributed by atoms with E-state index in [0.717, 1.165) is 0 Å². The molecule has 0 unspecified atom stereocenters. The molecule has 21 heavy (non-hydrogen) atoms. The van der Waals surface area contributed by atoms with Crippen LogP contribution in [-0.2, 0) is 9.59 Å². The van der Waals surface area contributed by atoms with Crippen molar-refractivity contribution in [3.63, 3.8) is 0 Å². The molecule has 0 heterocycles. The molecule has 0 aromatic heterocycles. The number of rotatable bonds is 5. The second-order valence-electron chi connectivity index (χ2n) is 4.92. The minimum Gasteiger partial charge on any atom is -0.480 e. The van der Waals surface area contributed by atoms with Crippen molar-refractivity contribution >= 4 is 29.3 Å². The van der Waals surface area contributed by atoms with Crippen molar-refractivity contribution < 1.29 is 19.5 Å². The summed E-state index contributed by atoms with van der Waals surface area (Å²) in [6.45, 7) is 4.79. The molecule has 0 saturated heterocycles. The van der Waals surface area contributed by atoms with E-state index in [0.29, 0.717) is 11.4 Å². The highest BCUT2D eigenvalue weighted by atomic mass is 16.4. The maximum atomic E-state index is 11.8. The maximum absolute atomic E-state index is 11.8. The molecule has 0 bridgehead atoms. The molecule has 1 atom stereocenters. The molecular weight excluding hydrogens is 274 g/mol. The average Bonchev–Trinajstić information content (AvgIpc) is 2.34. The fraction of sp³-hybridized carbons (Fsp3) is 0.357. The van der Waals surface area contributed by atoms with E-state index in [-0.39, 0.29) is 11.8 Å². The lowest BCUT2D eigenvalue weighted by molar-refractivity contribution is -0.140. The van der Waals surface area contributed by atoms with Gasteiger partial charge in [-0.25, -0.2) is 9.59 Å². The molecule has 1 aromatic carbocycles. The number of urea groups is 1. The number of hydrogen-bond donors (Lipinski definition) is 4. The number of amides is 3. The predicted molar refractivity (Wildman–Crippen MR) is 79.2 cm³/mol. The lowest BCUT2D eigenvalue weighted by Crippen LogP contribution is -2.46. The van der Waals surface area contributed by atoms with Gasteiger partial charge in [-0.3, -0.25) is 4.79 Å². The van der Waals surface area contributed by atoms with Crippen LogP contribution < -0.4 is 16.0 Å². The second-order valence-corrected chi connectivity index (χ2v) is 4.92. The minimum atomic E-state index is -1.09. The zero-order valence-electron chi connectivity index (χ0n) is 12.1. The van der Waals surface area contributed by atoms with E-state index in [1.165, 1.54) is 6.92 Å². The number of hydrogen-bond acceptors (Lipinski definition) is 3. The first-order valence-corrected chi connectivity index (χ1v) is 6.47. The molecule has 0 saturated carbocycles. The Kier molecular flexibility index (Phi) is 5.71. The van der Waals surface area contributed by atoms with E-state index in [1.807, 2.05) is 0 Å². The summed E-state index contributed by atoms with van der Waals surface area (Å²) in [6.07, 6.45) is 0. The van der Waals surface area contributed by atoms with Crippen molar-refractivity contribution in [2.45, 2.75) is 26.8 Å². The summed E-state index contributed by atoms with van der Waals surface area (Å²) in [4.78, 5) is 33.8. The molecule has 114 valence electrons. The van der Waals surface area contributed by atoms with Crippen molar-refractivity contribution in [1.29, 1.82) is 0 Å². The Labute approximate surface area is 122 Å². The number of aliphatic carboxylic acids is 1. The van der Waals surface area contributed by atoms with Crippen LogP contribution in [0.1, 0.15) is 20.8 Å². The molecule has 0 aliphatic rings. The van der Waals surface area contributed by atoms with Crippen LogP contribution in [0.4, 0.5) is 16.2 Å². The Morgan fingerprint density at radius 3 is 2.14 bits per heavy atom. The molecule has 0 radical (unpaired) electrons. The molecule has 7 nitrogen and oxygen atoms in total. The largest absolute Gasteiger partial charge is 0.480 e. The summed E-state index contributed by atoms with van der Waals surface area (Å²) in [7, 11) is 0. The zero-order valence-corrected chi connectivity index (χ0v) is 12.1. The van der Waals surface area contributed by atoms with Crippen LogP contribution in [0.3, 0.4) is 0 Å². The number of carbonyl (C=O) groups excluding carboxylic acids is 2. The van der Waals surface area contributed by atoms with Gasteiger partial charge in [0, 0.05) is 18.3 Å². The second kappa shape index (κ2) is 7.28. The Bertz CT molecular complexity index is 543. The summed E-state index contributed by atoms with van der Waals surface area (Å²) in [6, 6.07) is 4.97. The molecule has 0 fully saturated rings. The first kappa shape index (κ1) is 16.5. The van der Waals surface area contributed by atoms with Gasteiger partial charge >= 0.3 is 12.0 Å². The third-order valence-electron chi connectivity index (χ3n) is 2.66. The first-order valence-electron chi connectivity index (χ1n) is 6.47. The number of carboxylic acids is 1. The summed E-state index contributed by atoms with van der Waals surface area (Å²) < 4.78 is 0. The van der Waals surface area contributed by atoms with Gasteiger partial charge in [-0.2, -0.15) is 0 Å². The molecule has 0 aliphatic heterocycles. The van der Waals surface area contributed by atoms with Crippen molar-refractivity contribution in [2.75, 3.05) is 10.6 Å². The number of carbonyl (C=O) groups is 3. The number of anilines is 2. The lowest BCUT2D eigenvalue weighted by Gasteiger charge is -2.18. The lowest BCUT2D eigenvalue weighted by atomic mass is 10.1. The normalized spacial score (nSPS) is 11.6. The smallest absolute Gasteiger partial charge is 0.326 e. The number of benzene rings is 1. The van der Waals surface area contributed by atoms with Crippen molar-refractivity contribution in [3.05, 3.63) is 24.3 Å². The van der Waals surface area contributed by atoms with Gasteiger partial charge in [-0.1, -0.05) is 19.9 Å². The summed E-state index contributed by atoms with van der Waals surface area (Å²) in [5.74, 6) is -1.55. The standard InChI is InChI=1S/C14H19N3O4/c1-8(2)12(13(19)20)17-14(21)16-11-6-4-5-10(7-11)15-9(3)18/h4-8,12H,1-3H3,(H,15,18)(H,19,20)(H2,16,17,21)/t12-/m1/s1. The van der Waals surface area contributed by atoms with Crippen LogP contribution in [0.15, 0.2) is 24.3 Å². The Morgan fingerprint density at radius 1 is 1.10 bits per heavy atom. The van der Waals surface area contributed by atoms with Gasteiger partial charge in [-0.15, -0.1) is 0 Å². The van der Waals surface area contributed by atoms with Gasteiger partial charge in [0.05, 0.1) is 0 Å². The quantitative estimate of drug-likeness (QED) is 0.664. The topological polar surface area (TPSA) is 108 Å². The summed E-state index contributed by atoms with van der Waals surface area (Å²) in [5, 5.41) is 16.5. The molecule has 3 amide bonds. The highest BCUT2D eigenvalue weighted by Gasteiger charge is 2.23. The third-order valence-corrected chi connectivity index (χ3v) is 2.66. The van der Waals surface area contributed by atoms with E-state index >= 15 is 0 Å². The minimum absolute atomic E-state index is 0.220. The summed E-state index contributed by atoms with van der Waals surface area (Å²) >= 11 is 0. The Hall–Kier alpha value is -2.57. The van der Waals surface area contributed by atoms with Gasteiger partial charge < -0.3 is 21.1 Å². The number of carboxylic acid groups (broad SMARTS) is 1. The highest BCUT2D eigenvalue weighted by molar-refractivity contribution is 5.94. The Balaban J connectivity index is 2.70. The van der Waals surface area contributed by atoms with Gasteiger partial charge in [0.2, 0.25) is 5.91 Å². The van der Waals surface area contributed by atoms with E-state index in [9.17, 15) is 14.4 Å². The van der Waals surface area contributed by atoms with Crippen molar-refractivity contribution in [2.24, 2.45) is 5.92 Å². The van der Waals surface area contributed by atoms with Gasteiger partial charge in [-0.05, 0) is 24.1 Å². The van der Waals surface area contributed by atoms with E-state index in [4.69, 9.17) is 5.11 Å². The predicted octanol–water partition coefficient (Wildman–Crippen LogP) is 1.88.